The maximum atomic E-state index is 14.4. The molecule has 0 saturated heterocycles. The lowest BCUT2D eigenvalue weighted by Gasteiger charge is -2.31. The lowest BCUT2D eigenvalue weighted by molar-refractivity contribution is 0.0983. The molecular weight excluding hydrogens is 431 g/mol. The zero-order valence-corrected chi connectivity index (χ0v) is 19.8. The molecule has 5 rings (SSSR count). The van der Waals surface area contributed by atoms with Crippen LogP contribution < -0.4 is 5.73 Å². The predicted molar refractivity (Wildman–Crippen MR) is 130 cm³/mol. The highest BCUT2D eigenvalue weighted by molar-refractivity contribution is 5.97. The number of nitrogens with zero attached hydrogens (tertiary/aromatic N) is 3. The second kappa shape index (κ2) is 8.38. The molecule has 3 aromatic heterocycles. The van der Waals surface area contributed by atoms with Gasteiger partial charge in [-0.3, -0.25) is 9.78 Å². The Morgan fingerprint density at radius 3 is 2.53 bits per heavy atom. The van der Waals surface area contributed by atoms with E-state index in [0.717, 1.165) is 64.1 Å². The highest BCUT2D eigenvalue weighted by Crippen LogP contribution is 2.38. The Morgan fingerprint density at radius 2 is 1.91 bits per heavy atom. The number of carbonyl (C=O) groups is 1. The van der Waals surface area contributed by atoms with Gasteiger partial charge in [0.25, 0.3) is 0 Å². The van der Waals surface area contributed by atoms with Gasteiger partial charge >= 0.3 is 0 Å². The Balaban J connectivity index is 1.59. The van der Waals surface area contributed by atoms with Gasteiger partial charge in [0, 0.05) is 41.2 Å². The number of halogens is 1. The summed E-state index contributed by atoms with van der Waals surface area (Å²) in [7, 11) is 0. The van der Waals surface area contributed by atoms with Crippen LogP contribution in [0, 0.1) is 19.8 Å². The van der Waals surface area contributed by atoms with E-state index in [2.05, 4.69) is 22.0 Å². The number of amides is 1. The van der Waals surface area contributed by atoms with Crippen molar-refractivity contribution in [3.63, 3.8) is 0 Å². The molecule has 1 aromatic carbocycles. The van der Waals surface area contributed by atoms with E-state index in [0.29, 0.717) is 24.3 Å². The van der Waals surface area contributed by atoms with Gasteiger partial charge in [0.2, 0.25) is 5.91 Å². The van der Waals surface area contributed by atoms with E-state index >= 15 is 0 Å². The second-order valence-corrected chi connectivity index (χ2v) is 9.78. The van der Waals surface area contributed by atoms with Crippen molar-refractivity contribution in [2.75, 3.05) is 0 Å². The number of hydrogen-bond donors (Lipinski definition) is 1. The topological polar surface area (TPSA) is 86.9 Å². The fourth-order valence-electron chi connectivity index (χ4n) is 5.11. The maximum Gasteiger partial charge on any atom is 0.248 e. The van der Waals surface area contributed by atoms with Gasteiger partial charge in [0.15, 0.2) is 0 Å². The van der Waals surface area contributed by atoms with E-state index in [1.54, 1.807) is 19.1 Å². The molecule has 176 valence electrons. The molecule has 1 aliphatic carbocycles. The SMILES string of the molecule is Cc1noc(C)c1-c1cnc2c(-c3ccc(C(N)=O)cc3)cn(CC3CCC(C)(F)CC3)c2c1. The third-order valence-electron chi connectivity index (χ3n) is 7.12. The molecule has 0 bridgehead atoms. The summed E-state index contributed by atoms with van der Waals surface area (Å²) in [6.07, 6.45) is 6.91. The molecule has 3 heterocycles. The number of rotatable bonds is 5. The van der Waals surface area contributed by atoms with Gasteiger partial charge in [-0.1, -0.05) is 17.3 Å². The van der Waals surface area contributed by atoms with Crippen LogP contribution in [0.25, 0.3) is 33.3 Å². The minimum atomic E-state index is -1.05. The van der Waals surface area contributed by atoms with Crippen LogP contribution in [-0.2, 0) is 6.54 Å². The van der Waals surface area contributed by atoms with Crippen LogP contribution in [0.5, 0.6) is 0 Å². The van der Waals surface area contributed by atoms with Crippen LogP contribution in [0.2, 0.25) is 0 Å². The predicted octanol–water partition coefficient (Wildman–Crippen LogP) is 5.99. The van der Waals surface area contributed by atoms with Crippen LogP contribution >= 0.6 is 0 Å². The van der Waals surface area contributed by atoms with Crippen LogP contribution in [0.4, 0.5) is 4.39 Å². The zero-order chi connectivity index (χ0) is 24.0. The van der Waals surface area contributed by atoms with E-state index in [1.165, 1.54) is 0 Å². The monoisotopic (exact) mass is 460 g/mol. The summed E-state index contributed by atoms with van der Waals surface area (Å²) in [5.74, 6) is 0.717. The Morgan fingerprint density at radius 1 is 1.21 bits per heavy atom. The number of carbonyl (C=O) groups excluding carboxylic acids is 1. The average Bonchev–Trinajstić information content (AvgIpc) is 3.34. The van der Waals surface area contributed by atoms with Crippen LogP contribution in [0.15, 0.2) is 47.2 Å². The molecule has 1 aliphatic rings. The highest BCUT2D eigenvalue weighted by Gasteiger charge is 2.31. The Kier molecular flexibility index (Phi) is 5.50. The molecule has 1 amide bonds. The Hall–Kier alpha value is -3.48. The van der Waals surface area contributed by atoms with Gasteiger partial charge < -0.3 is 14.8 Å². The van der Waals surface area contributed by atoms with Gasteiger partial charge in [-0.2, -0.15) is 0 Å². The number of hydrogen-bond acceptors (Lipinski definition) is 4. The summed E-state index contributed by atoms with van der Waals surface area (Å²) >= 11 is 0. The summed E-state index contributed by atoms with van der Waals surface area (Å²) in [5.41, 5.74) is 11.4. The number of primary amides is 1. The first-order valence-electron chi connectivity index (χ1n) is 11.7. The quantitative estimate of drug-likeness (QED) is 0.396. The van der Waals surface area contributed by atoms with Crippen molar-refractivity contribution >= 4 is 16.9 Å². The smallest absolute Gasteiger partial charge is 0.248 e. The molecular formula is C27H29FN4O2. The summed E-state index contributed by atoms with van der Waals surface area (Å²) in [4.78, 5) is 16.4. The number of aromatic nitrogens is 3. The van der Waals surface area contributed by atoms with Crippen LogP contribution in [0.3, 0.4) is 0 Å². The third kappa shape index (κ3) is 4.11. The summed E-state index contributed by atoms with van der Waals surface area (Å²) in [6, 6.07) is 9.42. The lowest BCUT2D eigenvalue weighted by Crippen LogP contribution is -2.27. The molecule has 7 heteroatoms. The molecule has 1 saturated carbocycles. The second-order valence-electron chi connectivity index (χ2n) is 9.78. The first-order valence-corrected chi connectivity index (χ1v) is 11.7. The molecule has 6 nitrogen and oxygen atoms in total. The molecule has 0 atom stereocenters. The molecule has 4 aromatic rings. The maximum absolute atomic E-state index is 14.4. The van der Waals surface area contributed by atoms with Crippen molar-refractivity contribution in [1.82, 2.24) is 14.7 Å². The summed E-state index contributed by atoms with van der Waals surface area (Å²) < 4.78 is 22.0. The van der Waals surface area contributed by atoms with E-state index in [9.17, 15) is 9.18 Å². The standard InChI is InChI=1S/C27H29FN4O2/c1-16-24(17(2)34-31-16)21-12-23-25(30-13-21)22(19-4-6-20(7-5-19)26(29)33)15-32(23)14-18-8-10-27(3,28)11-9-18/h4-7,12-13,15,18H,8-11,14H2,1-3H3,(H2,29,33). The molecule has 0 unspecified atom stereocenters. The number of aryl methyl sites for hydroxylation is 2. The molecule has 0 radical (unpaired) electrons. The van der Waals surface area contributed by atoms with Gasteiger partial charge in [-0.25, -0.2) is 4.39 Å². The number of fused-ring (bicyclic) bond motifs is 1. The molecule has 1 fully saturated rings. The Labute approximate surface area is 198 Å². The molecule has 0 spiro atoms. The first-order chi connectivity index (χ1) is 16.2. The zero-order valence-electron chi connectivity index (χ0n) is 19.8. The summed E-state index contributed by atoms with van der Waals surface area (Å²) in [6.45, 7) is 6.34. The summed E-state index contributed by atoms with van der Waals surface area (Å²) in [5, 5.41) is 4.09. The number of nitrogens with two attached hydrogens (primary N) is 1. The largest absolute Gasteiger partial charge is 0.366 e. The van der Waals surface area contributed by atoms with E-state index in [-0.39, 0.29) is 0 Å². The van der Waals surface area contributed by atoms with Crippen molar-refractivity contribution in [3.8, 4) is 22.3 Å². The normalized spacial score (nSPS) is 20.6. The minimum Gasteiger partial charge on any atom is -0.366 e. The highest BCUT2D eigenvalue weighted by atomic mass is 19.1. The van der Waals surface area contributed by atoms with Crippen LogP contribution in [0.1, 0.15) is 54.4 Å². The number of alkyl halides is 1. The van der Waals surface area contributed by atoms with Crippen LogP contribution in [-0.4, -0.2) is 26.3 Å². The fourth-order valence-corrected chi connectivity index (χ4v) is 5.11. The minimum absolute atomic E-state index is 0.409. The molecule has 0 aliphatic heterocycles. The van der Waals surface area contributed by atoms with Gasteiger partial charge in [-0.05, 0) is 76.1 Å². The van der Waals surface area contributed by atoms with E-state index < -0.39 is 11.6 Å². The molecule has 34 heavy (non-hydrogen) atoms. The van der Waals surface area contributed by atoms with Gasteiger partial charge in [0.1, 0.15) is 11.4 Å². The number of pyridine rings is 1. The van der Waals surface area contributed by atoms with Crippen molar-refractivity contribution in [2.24, 2.45) is 11.7 Å². The Bertz CT molecular complexity index is 1340. The van der Waals surface area contributed by atoms with Crippen molar-refractivity contribution in [1.29, 1.82) is 0 Å². The average molecular weight is 461 g/mol. The van der Waals surface area contributed by atoms with Gasteiger partial charge in [0.05, 0.1) is 16.7 Å². The van der Waals surface area contributed by atoms with Crippen molar-refractivity contribution in [2.45, 2.75) is 58.7 Å². The third-order valence-corrected chi connectivity index (χ3v) is 7.12. The number of benzene rings is 1. The first kappa shape index (κ1) is 22.3. The van der Waals surface area contributed by atoms with Crippen molar-refractivity contribution < 1.29 is 13.7 Å². The van der Waals surface area contributed by atoms with E-state index in [1.807, 2.05) is 32.2 Å². The van der Waals surface area contributed by atoms with Crippen molar-refractivity contribution in [3.05, 3.63) is 59.7 Å². The van der Waals surface area contributed by atoms with E-state index in [4.69, 9.17) is 15.2 Å². The fraction of sp³-hybridized carbons (Fsp3) is 0.370. The lowest BCUT2D eigenvalue weighted by atomic mass is 9.81. The molecule has 2 N–H and O–H groups in total. The van der Waals surface area contributed by atoms with Gasteiger partial charge in [-0.15, -0.1) is 0 Å².